The van der Waals surface area contributed by atoms with Crippen LogP contribution in [0, 0.1) is 0 Å². The van der Waals surface area contributed by atoms with Gasteiger partial charge in [0.2, 0.25) is 0 Å². The lowest BCUT2D eigenvalue weighted by atomic mass is 10.5. The topological polar surface area (TPSA) is 0 Å². The molecule has 0 amide bonds. The maximum Gasteiger partial charge on any atom is 0.423 e. The summed E-state index contributed by atoms with van der Waals surface area (Å²) in [5.74, 6) is 0. The van der Waals surface area contributed by atoms with Gasteiger partial charge in [-0.3, -0.25) is 0 Å². The minimum absolute atomic E-state index is 0.324. The fraction of sp³-hybridized carbons (Fsp3) is 0.667. The number of rotatable bonds is 2. The molecule has 0 nitrogen and oxygen atoms in total. The van der Waals surface area contributed by atoms with Gasteiger partial charge in [-0.1, -0.05) is 0 Å². The molecule has 11 heavy (non-hydrogen) atoms. The zero-order valence-electron chi connectivity index (χ0n) is 6.45. The van der Waals surface area contributed by atoms with E-state index in [0.717, 1.165) is 23.5 Å². The summed E-state index contributed by atoms with van der Waals surface area (Å²) in [6.07, 6.45) is -1.12. The molecule has 0 heterocycles. The van der Waals surface area contributed by atoms with Crippen LogP contribution in [0.3, 0.4) is 0 Å². The third-order valence-electron chi connectivity index (χ3n) is 1.09. The molecule has 0 aliphatic heterocycles. The van der Waals surface area contributed by atoms with Crippen LogP contribution < -0.4 is 0 Å². The summed E-state index contributed by atoms with van der Waals surface area (Å²) in [5.41, 5.74) is 0. The number of hydrogen-bond donors (Lipinski definition) is 0. The first kappa shape index (κ1) is 11.2. The first-order valence-electron chi connectivity index (χ1n) is 2.79. The molecular formula is C6H9F3S2. The fourth-order valence-electron chi connectivity index (χ4n) is 0.552. The molecule has 0 radical (unpaired) electrons. The number of allylic oxidation sites excluding steroid dienone is 2. The van der Waals surface area contributed by atoms with Crippen LogP contribution >= 0.6 is 23.5 Å². The lowest BCUT2D eigenvalue weighted by molar-refractivity contribution is -0.0838. The predicted molar refractivity (Wildman–Crippen MR) is 45.8 cm³/mol. The number of thioether (sulfide) groups is 2. The fourth-order valence-corrected chi connectivity index (χ4v) is 1.87. The van der Waals surface area contributed by atoms with Crippen LogP contribution in [-0.4, -0.2) is 18.7 Å². The molecule has 0 aromatic carbocycles. The highest BCUT2D eigenvalue weighted by Gasteiger charge is 2.34. The first-order chi connectivity index (χ1) is 4.93. The van der Waals surface area contributed by atoms with Crippen LogP contribution in [0.1, 0.15) is 6.92 Å². The largest absolute Gasteiger partial charge is 0.423 e. The molecule has 0 aliphatic carbocycles. The van der Waals surface area contributed by atoms with Crippen molar-refractivity contribution < 1.29 is 13.2 Å². The van der Waals surface area contributed by atoms with Crippen molar-refractivity contribution in [2.75, 3.05) is 12.5 Å². The minimum atomic E-state index is -4.19. The van der Waals surface area contributed by atoms with Gasteiger partial charge >= 0.3 is 6.18 Å². The van der Waals surface area contributed by atoms with E-state index in [1.807, 2.05) is 0 Å². The van der Waals surface area contributed by atoms with Gasteiger partial charge in [0.25, 0.3) is 0 Å². The van der Waals surface area contributed by atoms with Crippen molar-refractivity contribution in [3.63, 3.8) is 0 Å². The molecular weight excluding hydrogens is 193 g/mol. The van der Waals surface area contributed by atoms with Crippen molar-refractivity contribution in [2.45, 2.75) is 13.1 Å². The Morgan fingerprint density at radius 1 is 1.09 bits per heavy atom. The second-order valence-corrected chi connectivity index (χ2v) is 3.63. The van der Waals surface area contributed by atoms with Crippen LogP contribution in [0.25, 0.3) is 0 Å². The molecule has 0 spiro atoms. The summed E-state index contributed by atoms with van der Waals surface area (Å²) in [7, 11) is 0. The second kappa shape index (κ2) is 4.30. The lowest BCUT2D eigenvalue weighted by Crippen LogP contribution is -2.09. The second-order valence-electron chi connectivity index (χ2n) is 1.79. The van der Waals surface area contributed by atoms with Gasteiger partial charge in [-0.2, -0.15) is 13.2 Å². The summed E-state index contributed by atoms with van der Waals surface area (Å²) in [5, 5.41) is 0. The Balaban J connectivity index is 4.66. The van der Waals surface area contributed by atoms with Crippen LogP contribution in [0.4, 0.5) is 13.2 Å². The van der Waals surface area contributed by atoms with Crippen LogP contribution in [0.2, 0.25) is 0 Å². The SMILES string of the molecule is CS/C(C)=C(\SC)C(F)(F)F. The van der Waals surface area contributed by atoms with Gasteiger partial charge in [0.05, 0.1) is 4.91 Å². The van der Waals surface area contributed by atoms with E-state index in [1.165, 1.54) is 13.2 Å². The monoisotopic (exact) mass is 202 g/mol. The lowest BCUT2D eigenvalue weighted by Gasteiger charge is -2.11. The van der Waals surface area contributed by atoms with E-state index in [9.17, 15) is 13.2 Å². The molecule has 0 atom stereocenters. The number of hydrogen-bond acceptors (Lipinski definition) is 2. The van der Waals surface area contributed by atoms with E-state index in [2.05, 4.69) is 0 Å². The van der Waals surface area contributed by atoms with Crippen molar-refractivity contribution in [1.82, 2.24) is 0 Å². The van der Waals surface area contributed by atoms with Gasteiger partial charge in [-0.15, -0.1) is 23.5 Å². The average molecular weight is 202 g/mol. The van der Waals surface area contributed by atoms with E-state index in [1.54, 1.807) is 6.26 Å². The molecule has 0 N–H and O–H groups in total. The molecule has 66 valence electrons. The third kappa shape index (κ3) is 3.42. The maximum atomic E-state index is 12.1. The van der Waals surface area contributed by atoms with E-state index in [4.69, 9.17) is 0 Å². The Bertz CT molecular complexity index is 160. The summed E-state index contributed by atoms with van der Waals surface area (Å²) < 4.78 is 36.2. The molecule has 0 aromatic heterocycles. The zero-order valence-corrected chi connectivity index (χ0v) is 8.08. The highest BCUT2D eigenvalue weighted by atomic mass is 32.2. The molecule has 5 heteroatoms. The summed E-state index contributed by atoms with van der Waals surface area (Å²) >= 11 is 1.87. The van der Waals surface area contributed by atoms with Crippen LogP contribution in [0.15, 0.2) is 9.81 Å². The normalized spacial score (nSPS) is 14.7. The van der Waals surface area contributed by atoms with Crippen LogP contribution in [0.5, 0.6) is 0 Å². The predicted octanol–water partition coefficient (Wildman–Crippen LogP) is 3.51. The highest BCUT2D eigenvalue weighted by molar-refractivity contribution is 8.06. The Labute approximate surface area is 72.6 Å². The summed E-state index contributed by atoms with van der Waals surface area (Å²) in [6.45, 7) is 1.48. The van der Waals surface area contributed by atoms with Crippen molar-refractivity contribution in [1.29, 1.82) is 0 Å². The van der Waals surface area contributed by atoms with Gasteiger partial charge in [0.15, 0.2) is 0 Å². The quantitative estimate of drug-likeness (QED) is 0.672. The number of alkyl halides is 3. The highest BCUT2D eigenvalue weighted by Crippen LogP contribution is 2.37. The minimum Gasteiger partial charge on any atom is -0.166 e. The smallest absolute Gasteiger partial charge is 0.166 e. The average Bonchev–Trinajstić information content (AvgIpc) is 1.86. The molecule has 0 unspecified atom stereocenters. The Hall–Kier alpha value is 0.230. The first-order valence-corrected chi connectivity index (χ1v) is 5.24. The van der Waals surface area contributed by atoms with Crippen molar-refractivity contribution in [3.8, 4) is 0 Å². The molecule has 0 aromatic rings. The van der Waals surface area contributed by atoms with Gasteiger partial charge in [-0.25, -0.2) is 0 Å². The van der Waals surface area contributed by atoms with E-state index >= 15 is 0 Å². The van der Waals surface area contributed by atoms with Gasteiger partial charge in [-0.05, 0) is 19.4 Å². The summed E-state index contributed by atoms with van der Waals surface area (Å²) in [6, 6.07) is 0. The maximum absolute atomic E-state index is 12.1. The van der Waals surface area contributed by atoms with E-state index in [0.29, 0.717) is 4.91 Å². The Morgan fingerprint density at radius 3 is 1.64 bits per heavy atom. The van der Waals surface area contributed by atoms with Crippen molar-refractivity contribution >= 4 is 23.5 Å². The van der Waals surface area contributed by atoms with Gasteiger partial charge in [0.1, 0.15) is 0 Å². The van der Waals surface area contributed by atoms with Gasteiger partial charge in [0, 0.05) is 4.91 Å². The molecule has 0 saturated heterocycles. The Morgan fingerprint density at radius 2 is 1.55 bits per heavy atom. The van der Waals surface area contributed by atoms with Crippen LogP contribution in [-0.2, 0) is 0 Å². The van der Waals surface area contributed by atoms with Gasteiger partial charge < -0.3 is 0 Å². The number of halogens is 3. The van der Waals surface area contributed by atoms with E-state index < -0.39 is 11.1 Å². The molecule has 0 bridgehead atoms. The molecule has 0 rings (SSSR count). The molecule has 0 fully saturated rings. The zero-order chi connectivity index (χ0) is 9.07. The van der Waals surface area contributed by atoms with Crippen molar-refractivity contribution in [2.24, 2.45) is 0 Å². The van der Waals surface area contributed by atoms with E-state index in [-0.39, 0.29) is 0 Å². The standard InChI is InChI=1S/C6H9F3S2/c1-4(10-2)5(11-3)6(7,8)9/h1-3H3/b5-4-. The third-order valence-corrected chi connectivity index (χ3v) is 2.98. The molecule has 0 aliphatic rings. The summed E-state index contributed by atoms with van der Waals surface area (Å²) in [4.78, 5) is -0.171. The molecule has 0 saturated carbocycles. The Kier molecular flexibility index (Phi) is 4.39. The van der Waals surface area contributed by atoms with Crippen molar-refractivity contribution in [3.05, 3.63) is 9.81 Å².